The first-order chi connectivity index (χ1) is 6.57. The molecule has 0 saturated heterocycles. The summed E-state index contributed by atoms with van der Waals surface area (Å²) in [5, 5.41) is 37.4. The highest BCUT2D eigenvalue weighted by Gasteiger charge is 2.27. The van der Waals surface area contributed by atoms with Crippen molar-refractivity contribution in [2.45, 2.75) is 18.8 Å². The molecule has 6 heteroatoms. The smallest absolute Gasteiger partial charge is 0.335 e. The van der Waals surface area contributed by atoms with Crippen molar-refractivity contribution < 1.29 is 25.2 Å². The van der Waals surface area contributed by atoms with E-state index in [1.165, 1.54) is 17.4 Å². The summed E-state index contributed by atoms with van der Waals surface area (Å²) in [6, 6.07) is 1.48. The average molecular weight is 218 g/mol. The molecule has 2 unspecified atom stereocenters. The molecule has 0 bridgehead atoms. The standard InChI is InChI=1S/C8H10O5S/c9-3-5-4(1-2-14-5)6(10)7(11)8(12)13/h1-2,6-7,9-11H,3H2,(H,12,13). The fourth-order valence-corrected chi connectivity index (χ4v) is 1.83. The molecule has 0 aliphatic carbocycles. The fraction of sp³-hybridized carbons (Fsp3) is 0.375. The van der Waals surface area contributed by atoms with Crippen LogP contribution in [0.4, 0.5) is 0 Å². The van der Waals surface area contributed by atoms with Gasteiger partial charge in [-0.05, 0) is 17.0 Å². The van der Waals surface area contributed by atoms with Gasteiger partial charge in [-0.2, -0.15) is 0 Å². The van der Waals surface area contributed by atoms with Gasteiger partial charge in [0, 0.05) is 4.88 Å². The zero-order valence-electron chi connectivity index (χ0n) is 7.12. The first kappa shape index (κ1) is 11.1. The topological polar surface area (TPSA) is 98.0 Å². The number of carboxylic acid groups (broad SMARTS) is 1. The Labute approximate surface area is 83.9 Å². The van der Waals surface area contributed by atoms with Gasteiger partial charge in [-0.1, -0.05) is 0 Å². The summed E-state index contributed by atoms with van der Waals surface area (Å²) in [7, 11) is 0. The SMILES string of the molecule is O=C(O)C(O)C(O)c1ccsc1CO. The Morgan fingerprint density at radius 2 is 2.14 bits per heavy atom. The molecule has 2 atom stereocenters. The van der Waals surface area contributed by atoms with Gasteiger partial charge in [-0.25, -0.2) is 4.79 Å². The van der Waals surface area contributed by atoms with E-state index in [-0.39, 0.29) is 12.2 Å². The minimum Gasteiger partial charge on any atom is -0.479 e. The molecule has 1 aromatic heterocycles. The molecular formula is C8H10O5S. The number of rotatable bonds is 4. The average Bonchev–Trinajstić information content (AvgIpc) is 2.62. The van der Waals surface area contributed by atoms with Gasteiger partial charge in [0.05, 0.1) is 6.61 Å². The van der Waals surface area contributed by atoms with E-state index >= 15 is 0 Å². The minimum atomic E-state index is -1.87. The molecule has 1 heterocycles. The van der Waals surface area contributed by atoms with Gasteiger partial charge < -0.3 is 20.4 Å². The van der Waals surface area contributed by atoms with Crippen LogP contribution < -0.4 is 0 Å². The molecule has 5 nitrogen and oxygen atoms in total. The summed E-state index contributed by atoms with van der Waals surface area (Å²) < 4.78 is 0. The number of thiophene rings is 1. The third-order valence-corrected chi connectivity index (χ3v) is 2.72. The van der Waals surface area contributed by atoms with Crippen LogP contribution in [0.2, 0.25) is 0 Å². The monoisotopic (exact) mass is 218 g/mol. The molecule has 78 valence electrons. The summed E-state index contributed by atoms with van der Waals surface area (Å²) in [5.41, 5.74) is 0.257. The van der Waals surface area contributed by atoms with Crippen molar-refractivity contribution in [1.29, 1.82) is 0 Å². The molecule has 1 aromatic rings. The van der Waals surface area contributed by atoms with Crippen LogP contribution in [0.5, 0.6) is 0 Å². The summed E-state index contributed by atoms with van der Waals surface area (Å²) in [6.45, 7) is -0.281. The van der Waals surface area contributed by atoms with Crippen molar-refractivity contribution in [1.82, 2.24) is 0 Å². The zero-order chi connectivity index (χ0) is 10.7. The lowest BCUT2D eigenvalue weighted by atomic mass is 10.1. The Bertz CT molecular complexity index is 321. The van der Waals surface area contributed by atoms with Gasteiger partial charge in [0.25, 0.3) is 0 Å². The molecule has 0 aliphatic rings. The molecule has 0 fully saturated rings. The number of aliphatic hydroxyl groups is 3. The normalized spacial score (nSPS) is 15.1. The van der Waals surface area contributed by atoms with E-state index in [9.17, 15) is 9.90 Å². The largest absolute Gasteiger partial charge is 0.479 e. The molecule has 0 aliphatic heterocycles. The second-order valence-corrected chi connectivity index (χ2v) is 3.69. The third-order valence-electron chi connectivity index (χ3n) is 1.79. The molecule has 0 aromatic carbocycles. The van der Waals surface area contributed by atoms with Gasteiger partial charge in [-0.15, -0.1) is 11.3 Å². The van der Waals surface area contributed by atoms with Crippen molar-refractivity contribution in [2.75, 3.05) is 0 Å². The zero-order valence-corrected chi connectivity index (χ0v) is 7.94. The number of hydrogen-bond donors (Lipinski definition) is 4. The van der Waals surface area contributed by atoms with E-state index in [4.69, 9.17) is 15.3 Å². The van der Waals surface area contributed by atoms with Crippen LogP contribution >= 0.6 is 11.3 Å². The summed E-state index contributed by atoms with van der Waals surface area (Å²) >= 11 is 1.19. The van der Waals surface area contributed by atoms with Crippen LogP contribution in [0, 0.1) is 0 Å². The van der Waals surface area contributed by atoms with E-state index < -0.39 is 18.2 Å². The Balaban J connectivity index is 2.88. The van der Waals surface area contributed by atoms with Crippen molar-refractivity contribution in [3.8, 4) is 0 Å². The first-order valence-corrected chi connectivity index (χ1v) is 4.72. The maximum absolute atomic E-state index is 10.4. The van der Waals surface area contributed by atoms with E-state index in [0.717, 1.165) is 0 Å². The lowest BCUT2D eigenvalue weighted by Gasteiger charge is -2.13. The van der Waals surface area contributed by atoms with E-state index in [2.05, 4.69) is 0 Å². The van der Waals surface area contributed by atoms with Crippen molar-refractivity contribution in [3.63, 3.8) is 0 Å². The number of carboxylic acids is 1. The quantitative estimate of drug-likeness (QED) is 0.557. The van der Waals surface area contributed by atoms with E-state index in [1.807, 2.05) is 0 Å². The molecule has 4 N–H and O–H groups in total. The molecule has 0 saturated carbocycles. The maximum Gasteiger partial charge on any atom is 0.335 e. The summed E-state index contributed by atoms with van der Waals surface area (Å²) in [4.78, 5) is 10.8. The van der Waals surface area contributed by atoms with E-state index in [1.54, 1.807) is 5.38 Å². The lowest BCUT2D eigenvalue weighted by molar-refractivity contribution is -0.153. The van der Waals surface area contributed by atoms with Gasteiger partial charge in [-0.3, -0.25) is 0 Å². The van der Waals surface area contributed by atoms with Gasteiger partial charge in [0.1, 0.15) is 6.10 Å². The highest BCUT2D eigenvalue weighted by atomic mass is 32.1. The number of carbonyl (C=O) groups is 1. The maximum atomic E-state index is 10.4. The van der Waals surface area contributed by atoms with Crippen LogP contribution in [0.15, 0.2) is 11.4 Å². The minimum absolute atomic E-state index is 0.257. The molecule has 1 rings (SSSR count). The van der Waals surface area contributed by atoms with Crippen LogP contribution in [-0.2, 0) is 11.4 Å². The van der Waals surface area contributed by atoms with Crippen LogP contribution in [0.3, 0.4) is 0 Å². The van der Waals surface area contributed by atoms with Crippen LogP contribution in [0.25, 0.3) is 0 Å². The van der Waals surface area contributed by atoms with Crippen LogP contribution in [0.1, 0.15) is 16.5 Å². The molecule has 0 amide bonds. The molecule has 0 radical (unpaired) electrons. The summed E-state index contributed by atoms with van der Waals surface area (Å²) in [6.07, 6.45) is -3.37. The Morgan fingerprint density at radius 3 is 2.64 bits per heavy atom. The molecule has 14 heavy (non-hydrogen) atoms. The number of hydrogen-bond acceptors (Lipinski definition) is 5. The Kier molecular flexibility index (Phi) is 3.59. The Hall–Kier alpha value is -0.950. The predicted octanol–water partition coefficient (Wildman–Crippen LogP) is -0.281. The highest BCUT2D eigenvalue weighted by Crippen LogP contribution is 2.25. The van der Waals surface area contributed by atoms with E-state index in [0.29, 0.717) is 4.88 Å². The first-order valence-electron chi connectivity index (χ1n) is 3.84. The number of aliphatic carboxylic acids is 1. The second kappa shape index (κ2) is 4.52. The van der Waals surface area contributed by atoms with Crippen molar-refractivity contribution in [2.24, 2.45) is 0 Å². The predicted molar refractivity (Wildman–Crippen MR) is 48.8 cm³/mol. The van der Waals surface area contributed by atoms with Gasteiger partial charge in [0.2, 0.25) is 0 Å². The second-order valence-electron chi connectivity index (χ2n) is 2.69. The van der Waals surface area contributed by atoms with Gasteiger partial charge >= 0.3 is 5.97 Å². The van der Waals surface area contributed by atoms with Crippen LogP contribution in [-0.4, -0.2) is 32.5 Å². The van der Waals surface area contributed by atoms with Crippen molar-refractivity contribution in [3.05, 3.63) is 21.9 Å². The lowest BCUT2D eigenvalue weighted by Crippen LogP contribution is -2.27. The Morgan fingerprint density at radius 1 is 1.50 bits per heavy atom. The summed E-state index contributed by atoms with van der Waals surface area (Å²) in [5.74, 6) is -1.49. The van der Waals surface area contributed by atoms with Crippen molar-refractivity contribution >= 4 is 17.3 Å². The third kappa shape index (κ3) is 2.10. The van der Waals surface area contributed by atoms with Gasteiger partial charge in [0.15, 0.2) is 6.10 Å². The fourth-order valence-electron chi connectivity index (χ4n) is 1.05. The molecular weight excluding hydrogens is 208 g/mol. The number of aliphatic hydroxyl groups excluding tert-OH is 3. The highest BCUT2D eigenvalue weighted by molar-refractivity contribution is 7.10. The molecule has 0 spiro atoms.